The average Bonchev–Trinajstić information content (AvgIpc) is 2.64. The molecule has 0 aromatic heterocycles. The maximum Gasteiger partial charge on any atom is 0.272 e. The second-order valence-electron chi connectivity index (χ2n) is 5.91. The molecule has 0 aliphatic rings. The van der Waals surface area contributed by atoms with Crippen molar-refractivity contribution >= 4 is 52.8 Å². The molecule has 0 fully saturated rings. The van der Waals surface area contributed by atoms with Gasteiger partial charge < -0.3 is 5.41 Å². The summed E-state index contributed by atoms with van der Waals surface area (Å²) in [6.45, 7) is 3.67. The van der Waals surface area contributed by atoms with Crippen molar-refractivity contribution in [2.75, 3.05) is 0 Å². The Bertz CT molecular complexity index is 986. The Labute approximate surface area is 177 Å². The highest BCUT2D eigenvalue weighted by atomic mass is 35.5. The first-order valence-electron chi connectivity index (χ1n) is 8.11. The van der Waals surface area contributed by atoms with Crippen molar-refractivity contribution in [2.45, 2.75) is 13.8 Å². The van der Waals surface area contributed by atoms with Crippen LogP contribution in [0.25, 0.3) is 0 Å². The smallest absolute Gasteiger partial charge is 0.272 e. The lowest BCUT2D eigenvalue weighted by Gasteiger charge is -2.11. The Kier molecular flexibility index (Phi) is 7.47. The van der Waals surface area contributed by atoms with Gasteiger partial charge in [0.1, 0.15) is 0 Å². The highest BCUT2D eigenvalue weighted by Gasteiger charge is 2.17. The van der Waals surface area contributed by atoms with Crippen LogP contribution in [0.5, 0.6) is 0 Å². The third-order valence-corrected chi connectivity index (χ3v) is 4.52. The number of nitrogens with one attached hydrogen (secondary N) is 3. The lowest BCUT2D eigenvalue weighted by atomic mass is 10.0. The maximum atomic E-state index is 12.4. The van der Waals surface area contributed by atoms with Crippen LogP contribution in [0.2, 0.25) is 15.1 Å². The van der Waals surface area contributed by atoms with E-state index in [2.05, 4.69) is 22.7 Å². The van der Waals surface area contributed by atoms with E-state index in [1.54, 1.807) is 25.1 Å². The molecule has 0 saturated heterocycles. The Morgan fingerprint density at radius 1 is 1.07 bits per heavy atom. The summed E-state index contributed by atoms with van der Waals surface area (Å²) in [5.41, 5.74) is 6.46. The molecule has 1 unspecified atom stereocenters. The van der Waals surface area contributed by atoms with Crippen molar-refractivity contribution in [3.05, 3.63) is 67.7 Å². The number of carbonyl (C=O) groups is 2. The Morgan fingerprint density at radius 2 is 1.68 bits per heavy atom. The van der Waals surface area contributed by atoms with Gasteiger partial charge >= 0.3 is 0 Å². The monoisotopic (exact) mass is 435 g/mol. The third kappa shape index (κ3) is 5.49. The molecule has 0 aliphatic carbocycles. The molecule has 5 nitrogen and oxygen atoms in total. The van der Waals surface area contributed by atoms with Gasteiger partial charge in [-0.25, -0.2) is 0 Å². The van der Waals surface area contributed by atoms with Gasteiger partial charge in [0.15, 0.2) is 0 Å². The van der Waals surface area contributed by atoms with Crippen LogP contribution in [0.1, 0.15) is 38.8 Å². The summed E-state index contributed by atoms with van der Waals surface area (Å²) >= 11 is 17.8. The molecule has 0 bridgehead atoms. The minimum absolute atomic E-state index is 0.00382. The zero-order valence-electron chi connectivity index (χ0n) is 15.0. The number of hydrogen-bond donors (Lipinski definition) is 3. The van der Waals surface area contributed by atoms with Gasteiger partial charge in [-0.15, -0.1) is 0 Å². The van der Waals surface area contributed by atoms with Crippen LogP contribution in [-0.4, -0.2) is 18.0 Å². The van der Waals surface area contributed by atoms with Crippen LogP contribution >= 0.6 is 34.8 Å². The molecule has 2 rings (SSSR count). The van der Waals surface area contributed by atoms with Crippen LogP contribution in [0.15, 0.2) is 30.3 Å². The summed E-state index contributed by atoms with van der Waals surface area (Å²) in [7, 11) is 0. The standard InChI is InChI=1S/C20H16Cl3N3O2/c1-11(10-24)3-5-13-7-14(6-4-12(13)2)19(27)25-26-20(28)18-16(22)8-15(21)9-17(18)23/h4,6-11,24H,1-2H3,(H,25,27)(H,26,28). The second kappa shape index (κ2) is 9.61. The van der Waals surface area contributed by atoms with Gasteiger partial charge in [-0.2, -0.15) is 0 Å². The number of amides is 2. The van der Waals surface area contributed by atoms with E-state index in [4.69, 9.17) is 40.2 Å². The molecule has 0 aliphatic heterocycles. The van der Waals surface area contributed by atoms with E-state index < -0.39 is 11.8 Å². The summed E-state index contributed by atoms with van der Waals surface area (Å²) in [5, 5.41) is 7.62. The molecular weight excluding hydrogens is 421 g/mol. The van der Waals surface area contributed by atoms with Crippen molar-refractivity contribution < 1.29 is 9.59 Å². The Morgan fingerprint density at radius 3 is 2.29 bits per heavy atom. The van der Waals surface area contributed by atoms with Crippen LogP contribution in [0.3, 0.4) is 0 Å². The summed E-state index contributed by atoms with van der Waals surface area (Å²) in [5.74, 6) is 4.47. The fourth-order valence-corrected chi connectivity index (χ4v) is 3.13. The summed E-state index contributed by atoms with van der Waals surface area (Å²) < 4.78 is 0. The summed E-state index contributed by atoms with van der Waals surface area (Å²) in [6, 6.07) is 7.74. The van der Waals surface area contributed by atoms with E-state index in [0.29, 0.717) is 16.1 Å². The van der Waals surface area contributed by atoms with Crippen LogP contribution in [0.4, 0.5) is 0 Å². The number of aryl methyl sites for hydroxylation is 1. The van der Waals surface area contributed by atoms with Crippen molar-refractivity contribution in [1.82, 2.24) is 10.9 Å². The molecule has 28 heavy (non-hydrogen) atoms. The summed E-state index contributed by atoms with van der Waals surface area (Å²) in [4.78, 5) is 24.6. The van der Waals surface area contributed by atoms with Gasteiger partial charge in [0.2, 0.25) is 0 Å². The fourth-order valence-electron chi connectivity index (χ4n) is 2.14. The quantitative estimate of drug-likeness (QED) is 0.371. The number of carbonyl (C=O) groups excluding carboxylic acids is 2. The van der Waals surface area contributed by atoms with E-state index in [9.17, 15) is 9.59 Å². The SMILES string of the molecule is Cc1ccc(C(=O)NNC(=O)c2c(Cl)cc(Cl)cc2Cl)cc1C#CC(C)C=N. The van der Waals surface area contributed by atoms with Crippen molar-refractivity contribution in [3.63, 3.8) is 0 Å². The van der Waals surface area contributed by atoms with Gasteiger partial charge in [0, 0.05) is 22.4 Å². The molecule has 8 heteroatoms. The molecule has 0 spiro atoms. The minimum Gasteiger partial charge on any atom is -0.312 e. The number of benzene rings is 2. The molecule has 144 valence electrons. The van der Waals surface area contributed by atoms with E-state index in [1.807, 2.05) is 6.92 Å². The van der Waals surface area contributed by atoms with Gasteiger partial charge in [-0.05, 0) is 43.7 Å². The lowest BCUT2D eigenvalue weighted by molar-refractivity contribution is 0.0847. The number of rotatable bonds is 3. The van der Waals surface area contributed by atoms with Gasteiger partial charge in [0.25, 0.3) is 11.8 Å². The molecule has 0 saturated carbocycles. The highest BCUT2D eigenvalue weighted by Crippen LogP contribution is 2.28. The first-order chi connectivity index (χ1) is 13.2. The maximum absolute atomic E-state index is 12.4. The molecule has 2 aromatic carbocycles. The average molecular weight is 437 g/mol. The minimum atomic E-state index is -0.674. The normalized spacial score (nSPS) is 11.0. The zero-order chi connectivity index (χ0) is 20.8. The van der Waals surface area contributed by atoms with Crippen molar-refractivity contribution in [2.24, 2.45) is 5.92 Å². The molecule has 1 atom stereocenters. The molecular formula is C20H16Cl3N3O2. The first kappa shape index (κ1) is 21.8. The Balaban J connectivity index is 2.14. The zero-order valence-corrected chi connectivity index (χ0v) is 17.3. The van der Waals surface area contributed by atoms with E-state index in [0.717, 1.165) is 5.56 Å². The largest absolute Gasteiger partial charge is 0.312 e. The first-order valence-corrected chi connectivity index (χ1v) is 9.24. The lowest BCUT2D eigenvalue weighted by Crippen LogP contribution is -2.41. The topological polar surface area (TPSA) is 82.1 Å². The molecule has 3 N–H and O–H groups in total. The van der Waals surface area contributed by atoms with Crippen LogP contribution in [0, 0.1) is 30.1 Å². The van der Waals surface area contributed by atoms with Gasteiger partial charge in [0.05, 0.1) is 21.5 Å². The number of hydrogen-bond acceptors (Lipinski definition) is 3. The fraction of sp³-hybridized carbons (Fsp3) is 0.150. The number of halogens is 3. The predicted molar refractivity (Wildman–Crippen MR) is 112 cm³/mol. The molecule has 0 radical (unpaired) electrons. The van der Waals surface area contributed by atoms with E-state index >= 15 is 0 Å². The number of hydrazine groups is 1. The third-order valence-electron chi connectivity index (χ3n) is 3.71. The highest BCUT2D eigenvalue weighted by molar-refractivity contribution is 6.42. The van der Waals surface area contributed by atoms with Crippen LogP contribution in [-0.2, 0) is 0 Å². The second-order valence-corrected chi connectivity index (χ2v) is 7.16. The van der Waals surface area contributed by atoms with Crippen molar-refractivity contribution in [3.8, 4) is 11.8 Å². The molecule has 0 heterocycles. The van der Waals surface area contributed by atoms with Crippen molar-refractivity contribution in [1.29, 1.82) is 5.41 Å². The predicted octanol–water partition coefficient (Wildman–Crippen LogP) is 4.67. The van der Waals surface area contributed by atoms with E-state index in [1.165, 1.54) is 18.3 Å². The Hall–Kier alpha value is -2.52. The molecule has 2 amide bonds. The van der Waals surface area contributed by atoms with Gasteiger partial charge in [-0.3, -0.25) is 20.4 Å². The summed E-state index contributed by atoms with van der Waals surface area (Å²) in [6.07, 6.45) is 1.24. The molecule has 2 aromatic rings. The van der Waals surface area contributed by atoms with E-state index in [-0.39, 0.29) is 21.5 Å². The van der Waals surface area contributed by atoms with Crippen LogP contribution < -0.4 is 10.9 Å². The van der Waals surface area contributed by atoms with Gasteiger partial charge in [-0.1, -0.05) is 52.7 Å².